The van der Waals surface area contributed by atoms with Gasteiger partial charge in [0.2, 0.25) is 0 Å². The van der Waals surface area contributed by atoms with Crippen molar-refractivity contribution in [3.8, 4) is 11.5 Å². The fourth-order valence-corrected chi connectivity index (χ4v) is 2.69. The van der Waals surface area contributed by atoms with Crippen molar-refractivity contribution in [2.75, 3.05) is 7.11 Å². The van der Waals surface area contributed by atoms with Crippen LogP contribution in [0.2, 0.25) is 0 Å². The van der Waals surface area contributed by atoms with Gasteiger partial charge in [0.05, 0.1) is 18.1 Å². The monoisotopic (exact) mass is 329 g/mol. The zero-order chi connectivity index (χ0) is 14.2. The quantitative estimate of drug-likeness (QED) is 0.481. The van der Waals surface area contributed by atoms with Gasteiger partial charge in [0.25, 0.3) is 5.69 Å². The summed E-state index contributed by atoms with van der Waals surface area (Å²) in [6.45, 7) is 4.25. The maximum Gasteiger partial charge on any atom is 0.273 e. The van der Waals surface area contributed by atoms with Crippen LogP contribution in [0.15, 0.2) is 18.2 Å². The van der Waals surface area contributed by atoms with Gasteiger partial charge in [0, 0.05) is 16.3 Å². The average molecular weight is 330 g/mol. The molecule has 1 fully saturated rings. The third kappa shape index (κ3) is 2.54. The Balaban J connectivity index is 2.19. The van der Waals surface area contributed by atoms with Gasteiger partial charge < -0.3 is 9.47 Å². The van der Waals surface area contributed by atoms with Gasteiger partial charge in [-0.15, -0.1) is 0 Å². The second-order valence-electron chi connectivity index (χ2n) is 5.22. The number of alkyl halides is 1. The normalized spacial score (nSPS) is 24.4. The van der Waals surface area contributed by atoms with Crippen LogP contribution in [0, 0.1) is 15.5 Å². The van der Waals surface area contributed by atoms with Crippen molar-refractivity contribution in [2.45, 2.75) is 31.2 Å². The summed E-state index contributed by atoms with van der Waals surface area (Å²) in [5, 5.41) is 10.7. The molecule has 0 spiro atoms. The second kappa shape index (κ2) is 5.00. The first-order valence-corrected chi connectivity index (χ1v) is 6.91. The number of halogens is 1. The van der Waals surface area contributed by atoms with Crippen LogP contribution in [0.5, 0.6) is 11.5 Å². The number of rotatable bonds is 4. The summed E-state index contributed by atoms with van der Waals surface area (Å²) in [6, 6.07) is 4.40. The lowest BCUT2D eigenvalue weighted by Gasteiger charge is -2.48. The van der Waals surface area contributed by atoms with Gasteiger partial charge in [-0.2, -0.15) is 0 Å². The molecule has 2 atom stereocenters. The molecule has 2 unspecified atom stereocenters. The van der Waals surface area contributed by atoms with E-state index in [1.54, 1.807) is 6.07 Å². The summed E-state index contributed by atoms with van der Waals surface area (Å²) >= 11 is 3.60. The summed E-state index contributed by atoms with van der Waals surface area (Å²) in [5.41, 5.74) is 0.0303. The van der Waals surface area contributed by atoms with E-state index in [-0.39, 0.29) is 17.2 Å². The van der Waals surface area contributed by atoms with E-state index in [1.807, 2.05) is 0 Å². The minimum absolute atomic E-state index is 0.00422. The SMILES string of the molecule is COc1cc([N+](=O)[O-])ccc1OC1CC(Br)C1(C)C. The van der Waals surface area contributed by atoms with Gasteiger partial charge in [-0.3, -0.25) is 10.1 Å². The molecule has 2 rings (SSSR count). The summed E-state index contributed by atoms with van der Waals surface area (Å²) in [4.78, 5) is 10.7. The second-order valence-corrected chi connectivity index (χ2v) is 6.33. The Morgan fingerprint density at radius 3 is 2.58 bits per heavy atom. The number of hydrogen-bond donors (Lipinski definition) is 0. The lowest BCUT2D eigenvalue weighted by molar-refractivity contribution is -0.385. The third-order valence-corrected chi connectivity index (χ3v) is 5.24. The zero-order valence-corrected chi connectivity index (χ0v) is 12.6. The number of nitro benzene ring substituents is 1. The first kappa shape index (κ1) is 14.1. The van der Waals surface area contributed by atoms with Crippen LogP contribution in [-0.4, -0.2) is 23.0 Å². The van der Waals surface area contributed by atoms with E-state index in [2.05, 4.69) is 29.8 Å². The van der Waals surface area contributed by atoms with E-state index < -0.39 is 4.92 Å². The highest BCUT2D eigenvalue weighted by molar-refractivity contribution is 9.09. The molecule has 5 nitrogen and oxygen atoms in total. The van der Waals surface area contributed by atoms with Crippen molar-refractivity contribution in [3.05, 3.63) is 28.3 Å². The third-order valence-electron chi connectivity index (χ3n) is 3.69. The Kier molecular flexibility index (Phi) is 3.71. The molecule has 0 radical (unpaired) electrons. The summed E-state index contributed by atoms with van der Waals surface area (Å²) in [5.74, 6) is 0.939. The van der Waals surface area contributed by atoms with Crippen molar-refractivity contribution >= 4 is 21.6 Å². The van der Waals surface area contributed by atoms with Crippen LogP contribution < -0.4 is 9.47 Å². The molecule has 19 heavy (non-hydrogen) atoms. The van der Waals surface area contributed by atoms with Crippen molar-refractivity contribution in [3.63, 3.8) is 0 Å². The predicted molar refractivity (Wildman–Crippen MR) is 75.2 cm³/mol. The van der Waals surface area contributed by atoms with Crippen LogP contribution in [0.25, 0.3) is 0 Å². The van der Waals surface area contributed by atoms with E-state index in [0.29, 0.717) is 16.3 Å². The smallest absolute Gasteiger partial charge is 0.273 e. The number of nitro groups is 1. The average Bonchev–Trinajstić information content (AvgIpc) is 2.38. The number of benzene rings is 1. The van der Waals surface area contributed by atoms with E-state index >= 15 is 0 Å². The van der Waals surface area contributed by atoms with E-state index in [4.69, 9.17) is 9.47 Å². The Morgan fingerprint density at radius 2 is 2.11 bits per heavy atom. The molecule has 0 saturated heterocycles. The van der Waals surface area contributed by atoms with Crippen LogP contribution in [0.4, 0.5) is 5.69 Å². The van der Waals surface area contributed by atoms with Gasteiger partial charge in [0.15, 0.2) is 11.5 Å². The highest BCUT2D eigenvalue weighted by Gasteiger charge is 2.48. The molecule has 1 aliphatic carbocycles. The molecule has 1 aromatic carbocycles. The topological polar surface area (TPSA) is 61.6 Å². The highest BCUT2D eigenvalue weighted by Crippen LogP contribution is 2.48. The van der Waals surface area contributed by atoms with Crippen molar-refractivity contribution in [1.29, 1.82) is 0 Å². The summed E-state index contributed by atoms with van der Waals surface area (Å²) in [6.07, 6.45) is 0.986. The van der Waals surface area contributed by atoms with Gasteiger partial charge >= 0.3 is 0 Å². The minimum atomic E-state index is -0.450. The zero-order valence-electron chi connectivity index (χ0n) is 11.1. The molecule has 1 aromatic rings. The molecular formula is C13H16BrNO4. The Labute approximate surface area is 120 Å². The number of non-ortho nitro benzene ring substituents is 1. The van der Waals surface area contributed by atoms with Gasteiger partial charge in [-0.25, -0.2) is 0 Å². The van der Waals surface area contributed by atoms with Crippen molar-refractivity contribution < 1.29 is 14.4 Å². The number of methoxy groups -OCH3 is 1. The molecule has 0 N–H and O–H groups in total. The fraction of sp³-hybridized carbons (Fsp3) is 0.538. The molecule has 1 aliphatic rings. The molecular weight excluding hydrogens is 314 g/mol. The van der Waals surface area contributed by atoms with Crippen molar-refractivity contribution in [2.24, 2.45) is 5.41 Å². The number of nitrogens with zero attached hydrogens (tertiary/aromatic N) is 1. The van der Waals surface area contributed by atoms with E-state index in [0.717, 1.165) is 6.42 Å². The molecule has 0 heterocycles. The molecule has 1 saturated carbocycles. The van der Waals surface area contributed by atoms with Gasteiger partial charge in [-0.05, 0) is 12.5 Å². The standard InChI is InChI=1S/C13H16BrNO4/c1-13(2)11(14)7-12(13)19-9-5-4-8(15(16)17)6-10(9)18-3/h4-6,11-12H,7H2,1-3H3. The predicted octanol–water partition coefficient (Wildman–Crippen LogP) is 3.54. The maximum atomic E-state index is 10.7. The Morgan fingerprint density at radius 1 is 1.42 bits per heavy atom. The first-order valence-electron chi connectivity index (χ1n) is 5.99. The molecule has 104 valence electrons. The largest absolute Gasteiger partial charge is 0.493 e. The van der Waals surface area contributed by atoms with Crippen LogP contribution in [0.1, 0.15) is 20.3 Å². The lowest BCUT2D eigenvalue weighted by atomic mass is 9.69. The highest BCUT2D eigenvalue weighted by atomic mass is 79.9. The fourth-order valence-electron chi connectivity index (χ4n) is 2.06. The Bertz CT molecular complexity index is 503. The number of ether oxygens (including phenoxy) is 2. The summed E-state index contributed by atoms with van der Waals surface area (Å²) < 4.78 is 11.1. The first-order chi connectivity index (χ1) is 8.86. The molecule has 0 aromatic heterocycles. The number of hydrogen-bond acceptors (Lipinski definition) is 4. The van der Waals surface area contributed by atoms with Crippen LogP contribution in [0.3, 0.4) is 0 Å². The molecule has 0 amide bonds. The maximum absolute atomic E-state index is 10.7. The van der Waals surface area contributed by atoms with Gasteiger partial charge in [-0.1, -0.05) is 29.8 Å². The van der Waals surface area contributed by atoms with Crippen LogP contribution in [-0.2, 0) is 0 Å². The molecule has 0 aliphatic heterocycles. The minimum Gasteiger partial charge on any atom is -0.493 e. The Hall–Kier alpha value is -1.30. The van der Waals surface area contributed by atoms with Crippen LogP contribution >= 0.6 is 15.9 Å². The van der Waals surface area contributed by atoms with E-state index in [9.17, 15) is 10.1 Å². The summed E-state index contributed by atoms with van der Waals surface area (Å²) in [7, 11) is 1.48. The lowest BCUT2D eigenvalue weighted by Crippen LogP contribution is -2.53. The van der Waals surface area contributed by atoms with Gasteiger partial charge in [0.1, 0.15) is 6.10 Å². The van der Waals surface area contributed by atoms with Crippen molar-refractivity contribution in [1.82, 2.24) is 0 Å². The van der Waals surface area contributed by atoms with E-state index in [1.165, 1.54) is 19.2 Å². The molecule has 6 heteroatoms. The molecule has 0 bridgehead atoms.